The molecule has 3 N–H and O–H groups in total. The van der Waals surface area contributed by atoms with Crippen molar-refractivity contribution >= 4 is 40.9 Å². The standard InChI is InChI=1S/C13H16Cl2N2O3/c1-3-7(2)11(12(18)19)17-13(20)16-10-5-8(14)4-9(15)6-10/h4-7,11H,3H2,1-2H3,(H,18,19)(H2,16,17,20). The lowest BCUT2D eigenvalue weighted by atomic mass is 9.99. The summed E-state index contributed by atoms with van der Waals surface area (Å²) in [5, 5.41) is 14.8. The van der Waals surface area contributed by atoms with E-state index in [9.17, 15) is 9.59 Å². The highest BCUT2D eigenvalue weighted by molar-refractivity contribution is 6.35. The molecule has 2 unspecified atom stereocenters. The van der Waals surface area contributed by atoms with Gasteiger partial charge in [-0.1, -0.05) is 43.5 Å². The second-order valence-electron chi connectivity index (χ2n) is 4.46. The Morgan fingerprint density at radius 2 is 1.80 bits per heavy atom. The van der Waals surface area contributed by atoms with E-state index in [2.05, 4.69) is 10.6 Å². The third kappa shape index (κ3) is 4.90. The van der Waals surface area contributed by atoms with Crippen LogP contribution in [0.3, 0.4) is 0 Å². The molecule has 0 spiro atoms. The highest BCUT2D eigenvalue weighted by Crippen LogP contribution is 2.22. The maximum atomic E-state index is 11.8. The van der Waals surface area contributed by atoms with E-state index in [1.165, 1.54) is 18.2 Å². The number of urea groups is 1. The zero-order chi connectivity index (χ0) is 15.3. The molecule has 0 saturated carbocycles. The van der Waals surface area contributed by atoms with Crippen molar-refractivity contribution < 1.29 is 14.7 Å². The molecule has 5 nitrogen and oxygen atoms in total. The predicted octanol–water partition coefficient (Wildman–Crippen LogP) is 3.61. The van der Waals surface area contributed by atoms with Gasteiger partial charge in [0.05, 0.1) is 0 Å². The molecule has 0 aliphatic rings. The average Bonchev–Trinajstić information content (AvgIpc) is 2.33. The number of hydrogen-bond donors (Lipinski definition) is 3. The molecule has 0 heterocycles. The van der Waals surface area contributed by atoms with E-state index in [4.69, 9.17) is 28.3 Å². The number of nitrogens with one attached hydrogen (secondary N) is 2. The molecule has 110 valence electrons. The molecule has 2 amide bonds. The van der Waals surface area contributed by atoms with Gasteiger partial charge in [-0.05, 0) is 24.1 Å². The summed E-state index contributed by atoms with van der Waals surface area (Å²) in [5.74, 6) is -1.25. The van der Waals surface area contributed by atoms with E-state index in [0.29, 0.717) is 22.2 Å². The topological polar surface area (TPSA) is 78.4 Å². The first kappa shape index (κ1) is 16.6. The van der Waals surface area contributed by atoms with Crippen molar-refractivity contribution in [3.8, 4) is 0 Å². The molecule has 1 aromatic rings. The quantitative estimate of drug-likeness (QED) is 0.775. The molecule has 0 bridgehead atoms. The maximum absolute atomic E-state index is 11.8. The Morgan fingerprint density at radius 3 is 2.25 bits per heavy atom. The van der Waals surface area contributed by atoms with Crippen molar-refractivity contribution in [3.63, 3.8) is 0 Å². The fraction of sp³-hybridized carbons (Fsp3) is 0.385. The molecule has 7 heteroatoms. The first-order valence-corrected chi connectivity index (χ1v) is 6.85. The summed E-state index contributed by atoms with van der Waals surface area (Å²) < 4.78 is 0. The first-order chi connectivity index (χ1) is 9.33. The van der Waals surface area contributed by atoms with Crippen LogP contribution in [-0.4, -0.2) is 23.1 Å². The average molecular weight is 319 g/mol. The van der Waals surface area contributed by atoms with Gasteiger partial charge in [0.25, 0.3) is 0 Å². The van der Waals surface area contributed by atoms with E-state index in [0.717, 1.165) is 0 Å². The molecule has 1 rings (SSSR count). The molecule has 0 aromatic heterocycles. The van der Waals surface area contributed by atoms with Crippen LogP contribution in [0.15, 0.2) is 18.2 Å². The van der Waals surface area contributed by atoms with Crippen molar-refractivity contribution in [3.05, 3.63) is 28.2 Å². The number of aliphatic carboxylic acids is 1. The van der Waals surface area contributed by atoms with Crippen molar-refractivity contribution in [2.75, 3.05) is 5.32 Å². The number of hydrogen-bond acceptors (Lipinski definition) is 2. The Morgan fingerprint density at radius 1 is 1.25 bits per heavy atom. The molecule has 2 atom stereocenters. The lowest BCUT2D eigenvalue weighted by Crippen LogP contribution is -2.46. The predicted molar refractivity (Wildman–Crippen MR) is 79.5 cm³/mol. The number of halogens is 2. The van der Waals surface area contributed by atoms with Gasteiger partial charge in [0, 0.05) is 15.7 Å². The number of anilines is 1. The fourth-order valence-corrected chi connectivity index (χ4v) is 2.14. The zero-order valence-corrected chi connectivity index (χ0v) is 12.6. The van der Waals surface area contributed by atoms with E-state index in [-0.39, 0.29) is 5.92 Å². The maximum Gasteiger partial charge on any atom is 0.326 e. The van der Waals surface area contributed by atoms with Crippen molar-refractivity contribution in [1.29, 1.82) is 0 Å². The van der Waals surface area contributed by atoms with Gasteiger partial charge in [-0.15, -0.1) is 0 Å². The van der Waals surface area contributed by atoms with Crippen molar-refractivity contribution in [2.24, 2.45) is 5.92 Å². The van der Waals surface area contributed by atoms with Crippen LogP contribution in [0.2, 0.25) is 10.0 Å². The van der Waals surface area contributed by atoms with Gasteiger partial charge in [0.15, 0.2) is 0 Å². The summed E-state index contributed by atoms with van der Waals surface area (Å²) in [5.41, 5.74) is 0.397. The number of carboxylic acid groups (broad SMARTS) is 1. The van der Waals surface area contributed by atoms with Gasteiger partial charge in [-0.3, -0.25) is 0 Å². The minimum Gasteiger partial charge on any atom is -0.480 e. The van der Waals surface area contributed by atoms with Gasteiger partial charge in [-0.25, -0.2) is 9.59 Å². The van der Waals surface area contributed by atoms with Gasteiger partial charge < -0.3 is 15.7 Å². The van der Waals surface area contributed by atoms with Crippen LogP contribution in [0.25, 0.3) is 0 Å². The molecular weight excluding hydrogens is 303 g/mol. The Balaban J connectivity index is 2.73. The van der Waals surface area contributed by atoms with Gasteiger partial charge >= 0.3 is 12.0 Å². The number of carbonyl (C=O) groups is 2. The monoisotopic (exact) mass is 318 g/mol. The summed E-state index contributed by atoms with van der Waals surface area (Å²) in [6, 6.07) is 3.01. The number of carbonyl (C=O) groups excluding carboxylic acids is 1. The van der Waals surface area contributed by atoms with Crippen LogP contribution in [-0.2, 0) is 4.79 Å². The summed E-state index contributed by atoms with van der Waals surface area (Å²) in [7, 11) is 0. The Hall–Kier alpha value is -1.46. The van der Waals surface area contributed by atoms with Crippen LogP contribution < -0.4 is 10.6 Å². The lowest BCUT2D eigenvalue weighted by molar-refractivity contribution is -0.140. The van der Waals surface area contributed by atoms with Gasteiger partial charge in [-0.2, -0.15) is 0 Å². The molecule has 0 aliphatic heterocycles. The second-order valence-corrected chi connectivity index (χ2v) is 5.33. The van der Waals surface area contributed by atoms with Crippen LogP contribution in [0.5, 0.6) is 0 Å². The highest BCUT2D eigenvalue weighted by Gasteiger charge is 2.25. The number of benzene rings is 1. The minimum absolute atomic E-state index is 0.179. The Bertz CT molecular complexity index is 488. The minimum atomic E-state index is -1.07. The third-order valence-corrected chi connectivity index (χ3v) is 3.32. The summed E-state index contributed by atoms with van der Waals surface area (Å²) >= 11 is 11.6. The van der Waals surface area contributed by atoms with E-state index in [1.807, 2.05) is 6.92 Å². The first-order valence-electron chi connectivity index (χ1n) is 6.10. The molecule has 0 fully saturated rings. The van der Waals surface area contributed by atoms with E-state index < -0.39 is 18.0 Å². The van der Waals surface area contributed by atoms with E-state index >= 15 is 0 Å². The molecule has 20 heavy (non-hydrogen) atoms. The largest absolute Gasteiger partial charge is 0.480 e. The third-order valence-electron chi connectivity index (χ3n) is 2.89. The van der Waals surface area contributed by atoms with Gasteiger partial charge in [0.1, 0.15) is 6.04 Å². The smallest absolute Gasteiger partial charge is 0.326 e. The fourth-order valence-electron chi connectivity index (χ4n) is 1.62. The normalized spacial score (nSPS) is 13.4. The highest BCUT2D eigenvalue weighted by atomic mass is 35.5. The number of rotatable bonds is 5. The van der Waals surface area contributed by atoms with Crippen molar-refractivity contribution in [2.45, 2.75) is 26.3 Å². The van der Waals surface area contributed by atoms with Gasteiger partial charge in [0.2, 0.25) is 0 Å². The molecule has 0 aliphatic carbocycles. The Kier molecular flexibility index (Phi) is 6.10. The molecule has 1 aromatic carbocycles. The van der Waals surface area contributed by atoms with Crippen LogP contribution in [0, 0.1) is 5.92 Å². The second kappa shape index (κ2) is 7.36. The summed E-state index contributed by atoms with van der Waals surface area (Å²) in [4.78, 5) is 22.9. The SMILES string of the molecule is CCC(C)C(NC(=O)Nc1cc(Cl)cc(Cl)c1)C(=O)O. The van der Waals surface area contributed by atoms with Crippen molar-refractivity contribution in [1.82, 2.24) is 5.32 Å². The zero-order valence-electron chi connectivity index (χ0n) is 11.1. The van der Waals surface area contributed by atoms with E-state index in [1.54, 1.807) is 6.92 Å². The Labute approximate surface area is 127 Å². The number of amides is 2. The summed E-state index contributed by atoms with van der Waals surface area (Å²) in [6.45, 7) is 3.62. The van der Waals surface area contributed by atoms with Crippen LogP contribution in [0.4, 0.5) is 10.5 Å². The summed E-state index contributed by atoms with van der Waals surface area (Å²) in [6.07, 6.45) is 0.639. The molecule has 0 radical (unpaired) electrons. The van der Waals surface area contributed by atoms with Crippen LogP contribution in [0.1, 0.15) is 20.3 Å². The molecular formula is C13H16Cl2N2O3. The number of carboxylic acids is 1. The van der Waals surface area contributed by atoms with Crippen LogP contribution >= 0.6 is 23.2 Å². The molecule has 0 saturated heterocycles. The lowest BCUT2D eigenvalue weighted by Gasteiger charge is -2.20.